The summed E-state index contributed by atoms with van der Waals surface area (Å²) < 4.78 is 24.8. The van der Waals surface area contributed by atoms with Crippen molar-refractivity contribution in [2.75, 3.05) is 18.9 Å². The Morgan fingerprint density at radius 1 is 1.10 bits per heavy atom. The molecule has 20 heavy (non-hydrogen) atoms. The van der Waals surface area contributed by atoms with E-state index in [1.807, 2.05) is 18.2 Å². The molecule has 0 fully saturated rings. The first-order valence-corrected chi connectivity index (χ1v) is 7.28. The lowest BCUT2D eigenvalue weighted by molar-refractivity contribution is 0.171. The topological polar surface area (TPSA) is 44.5 Å². The predicted octanol–water partition coefficient (Wildman–Crippen LogP) is 3.47. The summed E-state index contributed by atoms with van der Waals surface area (Å²) in [6.45, 7) is 1.14. The lowest BCUT2D eigenvalue weighted by atomic mass is 10.2. The zero-order valence-electron chi connectivity index (χ0n) is 10.8. The summed E-state index contributed by atoms with van der Waals surface area (Å²) in [6, 6.07) is 10.8. The van der Waals surface area contributed by atoms with Gasteiger partial charge in [-0.25, -0.2) is 4.39 Å². The second-order valence-electron chi connectivity index (χ2n) is 4.41. The average Bonchev–Trinajstić information content (AvgIpc) is 2.48. The van der Waals surface area contributed by atoms with Crippen LogP contribution in [-0.4, -0.2) is 13.2 Å². The third-order valence-electron chi connectivity index (χ3n) is 3.02. The number of hydrogen-bond donors (Lipinski definition) is 1. The minimum atomic E-state index is -0.336. The Morgan fingerprint density at radius 2 is 1.90 bits per heavy atom. The van der Waals surface area contributed by atoms with Gasteiger partial charge in [-0.05, 0) is 24.3 Å². The third kappa shape index (κ3) is 2.67. The molecule has 1 aliphatic rings. The van der Waals surface area contributed by atoms with E-state index in [1.165, 1.54) is 11.8 Å². The molecule has 1 heterocycles. The second-order valence-corrected chi connectivity index (χ2v) is 5.46. The molecule has 1 aliphatic heterocycles. The van der Waals surface area contributed by atoms with E-state index in [2.05, 4.69) is 0 Å². The zero-order chi connectivity index (χ0) is 13.9. The van der Waals surface area contributed by atoms with E-state index in [0.717, 1.165) is 16.4 Å². The fourth-order valence-corrected chi connectivity index (χ4v) is 2.89. The predicted molar refractivity (Wildman–Crippen MR) is 77.8 cm³/mol. The summed E-state index contributed by atoms with van der Waals surface area (Å²) in [4.78, 5) is 1.01. The lowest BCUT2D eigenvalue weighted by Crippen LogP contribution is -2.15. The Hall–Kier alpha value is -1.88. The van der Waals surface area contributed by atoms with Gasteiger partial charge in [0.2, 0.25) is 0 Å². The molecule has 0 spiro atoms. The Morgan fingerprint density at radius 3 is 2.75 bits per heavy atom. The van der Waals surface area contributed by atoms with Crippen molar-refractivity contribution in [2.45, 2.75) is 10.6 Å². The normalized spacial score (nSPS) is 13.2. The van der Waals surface area contributed by atoms with Crippen LogP contribution in [0.3, 0.4) is 0 Å². The molecule has 0 amide bonds. The maximum absolute atomic E-state index is 13.8. The molecule has 0 aromatic heterocycles. The molecular weight excluding hydrogens is 277 g/mol. The molecule has 3 rings (SSSR count). The SMILES string of the molecule is Nc1cccc(CSc2ccc3c(c2)OCCO3)c1F. The van der Waals surface area contributed by atoms with Gasteiger partial charge in [0, 0.05) is 16.2 Å². The standard InChI is InChI=1S/C15H14FNO2S/c16-15-10(2-1-3-12(15)17)9-20-11-4-5-13-14(8-11)19-7-6-18-13/h1-5,8H,6-7,9,17H2. The monoisotopic (exact) mass is 291 g/mol. The van der Waals surface area contributed by atoms with Crippen molar-refractivity contribution in [2.24, 2.45) is 0 Å². The van der Waals surface area contributed by atoms with Crippen LogP contribution in [0, 0.1) is 5.82 Å². The van der Waals surface area contributed by atoms with Crippen molar-refractivity contribution >= 4 is 17.4 Å². The number of fused-ring (bicyclic) bond motifs is 1. The molecule has 0 saturated carbocycles. The van der Waals surface area contributed by atoms with Crippen LogP contribution in [0.2, 0.25) is 0 Å². The van der Waals surface area contributed by atoms with Gasteiger partial charge < -0.3 is 15.2 Å². The van der Waals surface area contributed by atoms with E-state index >= 15 is 0 Å². The maximum atomic E-state index is 13.8. The molecule has 0 bridgehead atoms. The van der Waals surface area contributed by atoms with Crippen molar-refractivity contribution < 1.29 is 13.9 Å². The van der Waals surface area contributed by atoms with Gasteiger partial charge in [-0.15, -0.1) is 11.8 Å². The van der Waals surface area contributed by atoms with Crippen LogP contribution < -0.4 is 15.2 Å². The Balaban J connectivity index is 1.73. The number of halogens is 1. The summed E-state index contributed by atoms with van der Waals surface area (Å²) in [5.74, 6) is 1.69. The Kier molecular flexibility index (Phi) is 3.69. The Bertz CT molecular complexity index is 633. The van der Waals surface area contributed by atoms with Crippen molar-refractivity contribution in [1.82, 2.24) is 0 Å². The molecule has 104 valence electrons. The number of ether oxygens (including phenoxy) is 2. The molecule has 0 aliphatic carbocycles. The number of thioether (sulfide) groups is 1. The van der Waals surface area contributed by atoms with Gasteiger partial charge in [0.25, 0.3) is 0 Å². The quantitative estimate of drug-likeness (QED) is 0.694. The number of rotatable bonds is 3. The van der Waals surface area contributed by atoms with E-state index in [-0.39, 0.29) is 11.5 Å². The first kappa shape index (κ1) is 13.1. The smallest absolute Gasteiger partial charge is 0.162 e. The van der Waals surface area contributed by atoms with E-state index < -0.39 is 0 Å². The fraction of sp³-hybridized carbons (Fsp3) is 0.200. The molecule has 2 N–H and O–H groups in total. The molecule has 0 radical (unpaired) electrons. The van der Waals surface area contributed by atoms with Crippen LogP contribution in [0.1, 0.15) is 5.56 Å². The number of hydrogen-bond acceptors (Lipinski definition) is 4. The maximum Gasteiger partial charge on any atom is 0.162 e. The van der Waals surface area contributed by atoms with E-state index in [4.69, 9.17) is 15.2 Å². The highest BCUT2D eigenvalue weighted by atomic mass is 32.2. The molecule has 0 unspecified atom stereocenters. The molecule has 0 atom stereocenters. The second kappa shape index (κ2) is 5.63. The number of anilines is 1. The number of benzene rings is 2. The van der Waals surface area contributed by atoms with Crippen molar-refractivity contribution in [3.63, 3.8) is 0 Å². The Labute approximate surface area is 120 Å². The molecule has 2 aromatic carbocycles. The number of nitrogen functional groups attached to an aromatic ring is 1. The molecule has 2 aromatic rings. The van der Waals surface area contributed by atoms with Crippen LogP contribution in [0.4, 0.5) is 10.1 Å². The largest absolute Gasteiger partial charge is 0.486 e. The third-order valence-corrected chi connectivity index (χ3v) is 4.06. The van der Waals surface area contributed by atoms with Crippen LogP contribution in [-0.2, 0) is 5.75 Å². The number of nitrogens with two attached hydrogens (primary N) is 1. The van der Waals surface area contributed by atoms with Crippen molar-refractivity contribution in [3.8, 4) is 11.5 Å². The molecular formula is C15H14FNO2S. The first-order chi connectivity index (χ1) is 9.74. The minimum Gasteiger partial charge on any atom is -0.486 e. The van der Waals surface area contributed by atoms with Gasteiger partial charge >= 0.3 is 0 Å². The average molecular weight is 291 g/mol. The van der Waals surface area contributed by atoms with E-state index in [0.29, 0.717) is 24.5 Å². The summed E-state index contributed by atoms with van der Waals surface area (Å²) in [5, 5.41) is 0. The van der Waals surface area contributed by atoms with E-state index in [9.17, 15) is 4.39 Å². The van der Waals surface area contributed by atoms with Crippen LogP contribution >= 0.6 is 11.8 Å². The van der Waals surface area contributed by atoms with Gasteiger partial charge in [-0.2, -0.15) is 0 Å². The summed E-state index contributed by atoms with van der Waals surface area (Å²) in [6.07, 6.45) is 0. The summed E-state index contributed by atoms with van der Waals surface area (Å²) in [5.41, 5.74) is 6.35. The summed E-state index contributed by atoms with van der Waals surface area (Å²) >= 11 is 1.54. The van der Waals surface area contributed by atoms with E-state index in [1.54, 1.807) is 18.2 Å². The van der Waals surface area contributed by atoms with Crippen LogP contribution in [0.15, 0.2) is 41.3 Å². The first-order valence-electron chi connectivity index (χ1n) is 6.29. The van der Waals surface area contributed by atoms with Crippen LogP contribution in [0.25, 0.3) is 0 Å². The van der Waals surface area contributed by atoms with Gasteiger partial charge in [-0.1, -0.05) is 12.1 Å². The minimum absolute atomic E-state index is 0.185. The molecule has 5 heteroatoms. The van der Waals surface area contributed by atoms with Gasteiger partial charge in [0.05, 0.1) is 5.69 Å². The van der Waals surface area contributed by atoms with Crippen molar-refractivity contribution in [1.29, 1.82) is 0 Å². The molecule has 0 saturated heterocycles. The lowest BCUT2D eigenvalue weighted by Gasteiger charge is -2.18. The van der Waals surface area contributed by atoms with Gasteiger partial charge in [-0.3, -0.25) is 0 Å². The zero-order valence-corrected chi connectivity index (χ0v) is 11.6. The van der Waals surface area contributed by atoms with Gasteiger partial charge in [0.1, 0.15) is 19.0 Å². The van der Waals surface area contributed by atoms with Crippen molar-refractivity contribution in [3.05, 3.63) is 47.8 Å². The highest BCUT2D eigenvalue weighted by Gasteiger charge is 2.12. The highest BCUT2D eigenvalue weighted by molar-refractivity contribution is 7.98. The van der Waals surface area contributed by atoms with Gasteiger partial charge in [0.15, 0.2) is 11.5 Å². The molecule has 3 nitrogen and oxygen atoms in total. The highest BCUT2D eigenvalue weighted by Crippen LogP contribution is 2.35. The fourth-order valence-electron chi connectivity index (χ4n) is 1.99. The van der Waals surface area contributed by atoms with Crippen LogP contribution in [0.5, 0.6) is 11.5 Å². The summed E-state index contributed by atoms with van der Waals surface area (Å²) in [7, 11) is 0.